The molecule has 0 bridgehead atoms. The van der Waals surface area contributed by atoms with E-state index < -0.39 is 12.8 Å². The van der Waals surface area contributed by atoms with Crippen LogP contribution in [0.1, 0.15) is 5.56 Å². The van der Waals surface area contributed by atoms with Gasteiger partial charge in [-0.3, -0.25) is 0 Å². The summed E-state index contributed by atoms with van der Waals surface area (Å²) < 4.78 is 45.0. The average molecular weight is 282 g/mol. The summed E-state index contributed by atoms with van der Waals surface area (Å²) in [5.74, 6) is -0.0872. The fourth-order valence-electron chi connectivity index (χ4n) is 1.15. The van der Waals surface area contributed by atoms with Gasteiger partial charge in [0.25, 0.3) is 0 Å². The van der Waals surface area contributed by atoms with Crippen LogP contribution in [0.3, 0.4) is 0 Å². The number of aromatic nitrogens is 1. The van der Waals surface area contributed by atoms with Crippen LogP contribution in [0.15, 0.2) is 18.0 Å². The Balaban J connectivity index is 2.13. The number of pyridine rings is 1. The van der Waals surface area contributed by atoms with Gasteiger partial charge in [0.2, 0.25) is 5.88 Å². The first-order valence-electron chi connectivity index (χ1n) is 4.77. The third-order valence-corrected chi connectivity index (χ3v) is 2.28. The zero-order chi connectivity index (χ0) is 13.3. The van der Waals surface area contributed by atoms with E-state index in [1.807, 2.05) is 0 Å². The predicted molar refractivity (Wildman–Crippen MR) is 56.3 cm³/mol. The molecule has 1 aliphatic heterocycles. The van der Waals surface area contributed by atoms with Gasteiger partial charge in [-0.15, -0.1) is 0 Å². The molecule has 0 saturated carbocycles. The van der Waals surface area contributed by atoms with E-state index in [1.54, 1.807) is 0 Å². The van der Waals surface area contributed by atoms with Crippen molar-refractivity contribution in [3.05, 3.63) is 28.6 Å². The third kappa shape index (κ3) is 3.19. The third-order valence-electron chi connectivity index (χ3n) is 2.01. The van der Waals surface area contributed by atoms with Crippen molar-refractivity contribution in [1.82, 2.24) is 4.98 Å². The summed E-state index contributed by atoms with van der Waals surface area (Å²) in [4.78, 5) is 3.61. The minimum absolute atomic E-state index is 0.121. The summed E-state index contributed by atoms with van der Waals surface area (Å²) in [6, 6.07) is 1.25. The van der Waals surface area contributed by atoms with Crippen molar-refractivity contribution in [3.8, 4) is 5.88 Å². The van der Waals surface area contributed by atoms with E-state index in [2.05, 4.69) is 9.72 Å². The lowest BCUT2D eigenvalue weighted by molar-refractivity contribution is -0.154. The molecule has 0 atom stereocenters. The molecule has 1 N–H and O–H groups in total. The van der Waals surface area contributed by atoms with E-state index in [9.17, 15) is 18.3 Å². The average Bonchev–Trinajstić information content (AvgIpc) is 3.09. The zero-order valence-corrected chi connectivity index (χ0v) is 9.55. The second kappa shape index (κ2) is 4.56. The maximum atomic E-state index is 11.9. The summed E-state index contributed by atoms with van der Waals surface area (Å²) >= 11 is 5.70. The van der Waals surface area contributed by atoms with Crippen LogP contribution in [0.25, 0.3) is 5.76 Å². The SMILES string of the molecule is O/C(=C1\CO1)c1cnc(OCC(F)(F)F)c(Cl)c1. The second-order valence-corrected chi connectivity index (χ2v) is 3.88. The first-order chi connectivity index (χ1) is 8.37. The van der Waals surface area contributed by atoms with Gasteiger partial charge >= 0.3 is 6.18 Å². The Kier molecular flexibility index (Phi) is 3.25. The second-order valence-electron chi connectivity index (χ2n) is 3.48. The van der Waals surface area contributed by atoms with Gasteiger partial charge in [0.15, 0.2) is 18.1 Å². The van der Waals surface area contributed by atoms with Crippen LogP contribution in [-0.2, 0) is 4.74 Å². The van der Waals surface area contributed by atoms with Crippen LogP contribution in [0.4, 0.5) is 13.2 Å². The van der Waals surface area contributed by atoms with Gasteiger partial charge in [-0.05, 0) is 6.07 Å². The number of alkyl halides is 3. The number of aliphatic hydroxyl groups is 1. The maximum absolute atomic E-state index is 11.9. The molecular formula is C10H7ClF3NO3. The normalized spacial score (nSPS) is 17.1. The highest BCUT2D eigenvalue weighted by molar-refractivity contribution is 6.32. The van der Waals surface area contributed by atoms with Crippen LogP contribution in [-0.4, -0.2) is 29.5 Å². The lowest BCUT2D eigenvalue weighted by atomic mass is 10.2. The topological polar surface area (TPSA) is 54.9 Å². The van der Waals surface area contributed by atoms with Gasteiger partial charge in [0, 0.05) is 11.8 Å². The molecule has 0 aliphatic carbocycles. The first kappa shape index (κ1) is 12.8. The van der Waals surface area contributed by atoms with Crippen LogP contribution in [0.2, 0.25) is 5.02 Å². The minimum Gasteiger partial charge on any atom is -0.504 e. The van der Waals surface area contributed by atoms with E-state index in [4.69, 9.17) is 16.3 Å². The van der Waals surface area contributed by atoms with E-state index in [0.717, 1.165) is 6.20 Å². The first-order valence-corrected chi connectivity index (χ1v) is 5.15. The molecule has 0 radical (unpaired) electrons. The summed E-state index contributed by atoms with van der Waals surface area (Å²) in [5.41, 5.74) is 0.256. The Hall–Kier alpha value is -1.63. The van der Waals surface area contributed by atoms with Gasteiger partial charge in [0.1, 0.15) is 11.6 Å². The lowest BCUT2D eigenvalue weighted by Crippen LogP contribution is -2.19. The summed E-state index contributed by atoms with van der Waals surface area (Å²) in [6.07, 6.45) is -3.31. The monoisotopic (exact) mass is 281 g/mol. The molecule has 1 fully saturated rings. The highest BCUT2D eigenvalue weighted by Gasteiger charge is 2.29. The standard InChI is InChI=1S/C10H7ClF3NO3/c11-6-1-5(8(16)7-3-17-7)2-15-9(6)18-4-10(12,13)14/h1-2,16H,3-4H2/b8-7+. The van der Waals surface area contributed by atoms with Crippen molar-refractivity contribution in [2.45, 2.75) is 6.18 Å². The molecule has 1 aromatic rings. The number of hydrogen-bond donors (Lipinski definition) is 1. The maximum Gasteiger partial charge on any atom is 0.422 e. The zero-order valence-electron chi connectivity index (χ0n) is 8.79. The van der Waals surface area contributed by atoms with Gasteiger partial charge in [-0.1, -0.05) is 11.6 Å². The molecular weight excluding hydrogens is 275 g/mol. The van der Waals surface area contributed by atoms with Crippen LogP contribution in [0.5, 0.6) is 5.88 Å². The molecule has 1 aliphatic rings. The summed E-state index contributed by atoms with van der Waals surface area (Å²) in [6.45, 7) is -1.16. The molecule has 2 heterocycles. The van der Waals surface area contributed by atoms with Gasteiger partial charge in [-0.25, -0.2) is 4.98 Å². The highest BCUT2D eigenvalue weighted by atomic mass is 35.5. The molecule has 1 aromatic heterocycles. The quantitative estimate of drug-likeness (QED) is 0.684. The van der Waals surface area contributed by atoms with Crippen molar-refractivity contribution in [1.29, 1.82) is 0 Å². The Morgan fingerprint density at radius 3 is 2.72 bits per heavy atom. The number of aliphatic hydroxyl groups excluding tert-OH is 1. The molecule has 0 unspecified atom stereocenters. The fraction of sp³-hybridized carbons (Fsp3) is 0.300. The van der Waals surface area contributed by atoms with Crippen molar-refractivity contribution in [2.75, 3.05) is 13.2 Å². The molecule has 0 amide bonds. The minimum atomic E-state index is -4.46. The largest absolute Gasteiger partial charge is 0.504 e. The van der Waals surface area contributed by atoms with Gasteiger partial charge in [0.05, 0.1) is 0 Å². The Labute approximate surface area is 105 Å². The van der Waals surface area contributed by atoms with Crippen LogP contribution < -0.4 is 4.74 Å². The summed E-state index contributed by atoms with van der Waals surface area (Å²) in [5, 5.41) is 9.45. The van der Waals surface area contributed by atoms with Crippen molar-refractivity contribution >= 4 is 17.4 Å². The number of hydrogen-bond acceptors (Lipinski definition) is 4. The molecule has 2 rings (SSSR count). The van der Waals surface area contributed by atoms with Crippen molar-refractivity contribution in [2.24, 2.45) is 0 Å². The Morgan fingerprint density at radius 1 is 1.56 bits per heavy atom. The highest BCUT2D eigenvalue weighted by Crippen LogP contribution is 2.30. The van der Waals surface area contributed by atoms with E-state index >= 15 is 0 Å². The number of rotatable bonds is 3. The number of nitrogens with zero attached hydrogens (tertiary/aromatic N) is 1. The molecule has 8 heteroatoms. The Morgan fingerprint density at radius 2 is 2.22 bits per heavy atom. The van der Waals surface area contributed by atoms with Crippen LogP contribution in [0, 0.1) is 0 Å². The number of ether oxygens (including phenoxy) is 2. The van der Waals surface area contributed by atoms with Crippen molar-refractivity contribution < 1.29 is 27.8 Å². The van der Waals surface area contributed by atoms with Gasteiger partial charge < -0.3 is 14.6 Å². The molecule has 1 saturated heterocycles. The van der Waals surface area contributed by atoms with E-state index in [1.165, 1.54) is 6.07 Å². The molecule has 0 spiro atoms. The lowest BCUT2D eigenvalue weighted by Gasteiger charge is -2.09. The van der Waals surface area contributed by atoms with Crippen molar-refractivity contribution in [3.63, 3.8) is 0 Å². The summed E-state index contributed by atoms with van der Waals surface area (Å²) in [7, 11) is 0. The van der Waals surface area contributed by atoms with E-state index in [0.29, 0.717) is 12.4 Å². The fourth-order valence-corrected chi connectivity index (χ4v) is 1.37. The number of halogens is 4. The smallest absolute Gasteiger partial charge is 0.422 e. The molecule has 98 valence electrons. The Bertz CT molecular complexity index is 496. The van der Waals surface area contributed by atoms with E-state index in [-0.39, 0.29) is 22.2 Å². The van der Waals surface area contributed by atoms with Gasteiger partial charge in [-0.2, -0.15) is 13.2 Å². The molecule has 4 nitrogen and oxygen atoms in total. The molecule has 18 heavy (non-hydrogen) atoms. The predicted octanol–water partition coefficient (Wildman–Crippen LogP) is 2.93. The molecule has 0 aromatic carbocycles. The van der Waals surface area contributed by atoms with Crippen LogP contribution >= 0.6 is 11.6 Å². The number of epoxide rings is 1.